The van der Waals surface area contributed by atoms with E-state index in [2.05, 4.69) is 9.88 Å². The number of aromatic nitrogens is 1. The van der Waals surface area contributed by atoms with Crippen molar-refractivity contribution >= 4 is 39.2 Å². The number of sulfonamides is 1. The van der Waals surface area contributed by atoms with E-state index in [4.69, 9.17) is 32.5 Å². The maximum atomic E-state index is 12.4. The zero-order chi connectivity index (χ0) is 21.0. The first kappa shape index (κ1) is 21.3. The van der Waals surface area contributed by atoms with Crippen LogP contribution >= 0.6 is 23.2 Å². The van der Waals surface area contributed by atoms with Gasteiger partial charge in [-0.25, -0.2) is 8.42 Å². The normalized spacial score (nSPS) is 12.5. The Balaban J connectivity index is 1.59. The lowest BCUT2D eigenvalue weighted by Gasteiger charge is -2.13. The van der Waals surface area contributed by atoms with Gasteiger partial charge in [-0.3, -0.25) is 4.79 Å². The molecular formula is C19H16Cl2N2O5S. The molecular weight excluding hydrogens is 439 g/mol. The van der Waals surface area contributed by atoms with Crippen molar-refractivity contribution in [3.8, 4) is 11.3 Å². The van der Waals surface area contributed by atoms with Crippen molar-refractivity contribution in [2.75, 3.05) is 0 Å². The van der Waals surface area contributed by atoms with Gasteiger partial charge >= 0.3 is 5.97 Å². The number of esters is 1. The van der Waals surface area contributed by atoms with Gasteiger partial charge in [0.05, 0.1) is 14.9 Å². The Kier molecular flexibility index (Phi) is 6.59. The third-order valence-corrected chi connectivity index (χ3v) is 6.14. The van der Waals surface area contributed by atoms with Crippen molar-refractivity contribution in [3.05, 3.63) is 70.3 Å². The number of rotatable bonds is 7. The smallest absolute Gasteiger partial charge is 0.324 e. The average molecular weight is 455 g/mol. The standard InChI is InChI=1S/C19H16Cl2N2O5S/c1-12(23-29(25,26)15-7-8-16(20)17(21)10-15)19(24)27-11-14-9-18(28-22-14)13-5-3-2-4-6-13/h2-10,12,23H,11H2,1H3/t12-/m0/s1. The highest BCUT2D eigenvalue weighted by atomic mass is 35.5. The van der Waals surface area contributed by atoms with Crippen LogP contribution in [0.25, 0.3) is 11.3 Å². The second-order valence-electron chi connectivity index (χ2n) is 6.08. The van der Waals surface area contributed by atoms with Crippen LogP contribution in [0.2, 0.25) is 10.0 Å². The summed E-state index contributed by atoms with van der Waals surface area (Å²) in [5.41, 5.74) is 1.23. The van der Waals surface area contributed by atoms with Crippen molar-refractivity contribution < 1.29 is 22.5 Å². The zero-order valence-electron chi connectivity index (χ0n) is 15.1. The molecule has 0 unspecified atom stereocenters. The molecule has 2 aromatic carbocycles. The summed E-state index contributed by atoms with van der Waals surface area (Å²) in [5.74, 6) is -0.233. The average Bonchev–Trinajstić information content (AvgIpc) is 3.17. The number of hydrogen-bond donors (Lipinski definition) is 1. The number of nitrogens with zero attached hydrogens (tertiary/aromatic N) is 1. The summed E-state index contributed by atoms with van der Waals surface area (Å²) in [6, 6.07) is 13.7. The van der Waals surface area contributed by atoms with Crippen LogP contribution in [0.3, 0.4) is 0 Å². The molecule has 3 aromatic rings. The number of nitrogens with one attached hydrogen (secondary N) is 1. The molecule has 1 heterocycles. The predicted octanol–water partition coefficient (Wildman–Crippen LogP) is 4.06. The lowest BCUT2D eigenvalue weighted by Crippen LogP contribution is -2.39. The topological polar surface area (TPSA) is 98.5 Å². The predicted molar refractivity (Wildman–Crippen MR) is 108 cm³/mol. The van der Waals surface area contributed by atoms with Gasteiger partial charge in [-0.05, 0) is 25.1 Å². The van der Waals surface area contributed by atoms with Gasteiger partial charge in [0.25, 0.3) is 0 Å². The van der Waals surface area contributed by atoms with E-state index in [0.717, 1.165) is 5.56 Å². The molecule has 0 radical (unpaired) electrons. The molecule has 0 saturated heterocycles. The van der Waals surface area contributed by atoms with E-state index in [0.29, 0.717) is 11.5 Å². The fourth-order valence-electron chi connectivity index (χ4n) is 2.38. The minimum atomic E-state index is -3.99. The Morgan fingerprint density at radius 1 is 1.14 bits per heavy atom. The first-order valence-electron chi connectivity index (χ1n) is 8.41. The SMILES string of the molecule is C[C@H](NS(=O)(=O)c1ccc(Cl)c(Cl)c1)C(=O)OCc1cc(-c2ccccc2)on1. The van der Waals surface area contributed by atoms with E-state index in [1.807, 2.05) is 30.3 Å². The summed E-state index contributed by atoms with van der Waals surface area (Å²) in [4.78, 5) is 12.1. The van der Waals surface area contributed by atoms with Crippen molar-refractivity contribution in [1.29, 1.82) is 0 Å². The molecule has 0 aliphatic rings. The molecule has 0 spiro atoms. The van der Waals surface area contributed by atoms with Crippen molar-refractivity contribution in [3.63, 3.8) is 0 Å². The largest absolute Gasteiger partial charge is 0.458 e. The Morgan fingerprint density at radius 2 is 1.86 bits per heavy atom. The van der Waals surface area contributed by atoms with E-state index in [1.165, 1.54) is 25.1 Å². The lowest BCUT2D eigenvalue weighted by molar-refractivity contribution is -0.146. The van der Waals surface area contributed by atoms with Crippen molar-refractivity contribution in [2.45, 2.75) is 24.5 Å². The van der Waals surface area contributed by atoms with Crippen LogP contribution in [0.15, 0.2) is 64.0 Å². The Morgan fingerprint density at radius 3 is 2.55 bits per heavy atom. The highest BCUT2D eigenvalue weighted by Crippen LogP contribution is 2.25. The molecule has 152 valence electrons. The first-order valence-corrected chi connectivity index (χ1v) is 10.7. The molecule has 0 fully saturated rings. The summed E-state index contributed by atoms with van der Waals surface area (Å²) in [5, 5.41) is 4.16. The van der Waals surface area contributed by atoms with Crippen LogP contribution in [0.1, 0.15) is 12.6 Å². The van der Waals surface area contributed by atoms with E-state index < -0.39 is 22.0 Å². The maximum Gasteiger partial charge on any atom is 0.324 e. The van der Waals surface area contributed by atoms with Crippen LogP contribution in [-0.2, 0) is 26.2 Å². The molecule has 1 aromatic heterocycles. The highest BCUT2D eigenvalue weighted by Gasteiger charge is 2.24. The molecule has 1 atom stereocenters. The van der Waals surface area contributed by atoms with Crippen molar-refractivity contribution in [1.82, 2.24) is 9.88 Å². The number of ether oxygens (including phenoxy) is 1. The molecule has 0 bridgehead atoms. The second kappa shape index (κ2) is 8.96. The highest BCUT2D eigenvalue weighted by molar-refractivity contribution is 7.89. The summed E-state index contributed by atoms with van der Waals surface area (Å²) in [6.45, 7) is 1.21. The minimum Gasteiger partial charge on any atom is -0.458 e. The molecule has 0 saturated carbocycles. The molecule has 0 amide bonds. The fourth-order valence-corrected chi connectivity index (χ4v) is 3.96. The van der Waals surface area contributed by atoms with Gasteiger partial charge in [0, 0.05) is 11.6 Å². The number of carbonyl (C=O) groups is 1. The summed E-state index contributed by atoms with van der Waals surface area (Å²) >= 11 is 11.6. The van der Waals surface area contributed by atoms with E-state index in [9.17, 15) is 13.2 Å². The molecule has 10 heteroatoms. The number of carbonyl (C=O) groups excluding carboxylic acids is 1. The van der Waals surface area contributed by atoms with Crippen molar-refractivity contribution in [2.24, 2.45) is 0 Å². The molecule has 1 N–H and O–H groups in total. The summed E-state index contributed by atoms with van der Waals surface area (Å²) in [7, 11) is -3.99. The van der Waals surface area contributed by atoms with Crippen LogP contribution in [0, 0.1) is 0 Å². The maximum absolute atomic E-state index is 12.4. The van der Waals surface area contributed by atoms with E-state index in [1.54, 1.807) is 6.07 Å². The van der Waals surface area contributed by atoms with Crippen LogP contribution in [-0.4, -0.2) is 25.6 Å². The van der Waals surface area contributed by atoms with Gasteiger partial charge in [-0.15, -0.1) is 0 Å². The van der Waals surface area contributed by atoms with E-state index in [-0.39, 0.29) is 21.5 Å². The van der Waals surface area contributed by atoms with Gasteiger partial charge in [-0.1, -0.05) is 58.7 Å². The van der Waals surface area contributed by atoms with Gasteiger partial charge in [-0.2, -0.15) is 4.72 Å². The number of benzene rings is 2. The molecule has 7 nitrogen and oxygen atoms in total. The minimum absolute atomic E-state index is 0.0880. The van der Waals surface area contributed by atoms with Gasteiger partial charge < -0.3 is 9.26 Å². The third-order valence-electron chi connectivity index (χ3n) is 3.87. The molecule has 29 heavy (non-hydrogen) atoms. The quantitative estimate of drug-likeness (QED) is 0.540. The lowest BCUT2D eigenvalue weighted by atomic mass is 10.2. The Labute approximate surface area is 177 Å². The van der Waals surface area contributed by atoms with Crippen LogP contribution in [0.4, 0.5) is 0 Å². The summed E-state index contributed by atoms with van der Waals surface area (Å²) < 4.78 is 37.4. The number of hydrogen-bond acceptors (Lipinski definition) is 6. The van der Waals surface area contributed by atoms with Gasteiger partial charge in [0.15, 0.2) is 5.76 Å². The zero-order valence-corrected chi connectivity index (χ0v) is 17.5. The molecule has 0 aliphatic heterocycles. The second-order valence-corrected chi connectivity index (χ2v) is 8.60. The number of halogens is 2. The van der Waals surface area contributed by atoms with Gasteiger partial charge in [0.2, 0.25) is 10.0 Å². The van der Waals surface area contributed by atoms with E-state index >= 15 is 0 Å². The Hall–Kier alpha value is -2.39. The fraction of sp³-hybridized carbons (Fsp3) is 0.158. The van der Waals surface area contributed by atoms with Crippen LogP contribution in [0.5, 0.6) is 0 Å². The molecule has 3 rings (SSSR count). The van der Waals surface area contributed by atoms with Gasteiger partial charge in [0.1, 0.15) is 18.3 Å². The first-order chi connectivity index (χ1) is 13.8. The van der Waals surface area contributed by atoms with Crippen LogP contribution < -0.4 is 4.72 Å². The molecule has 0 aliphatic carbocycles. The summed E-state index contributed by atoms with van der Waals surface area (Å²) in [6.07, 6.45) is 0. The third kappa shape index (κ3) is 5.36. The monoisotopic (exact) mass is 454 g/mol. The Bertz CT molecular complexity index is 1120.